The number of ether oxygens (including phenoxy) is 4. The lowest BCUT2D eigenvalue weighted by Crippen LogP contribution is -2.07. The van der Waals surface area contributed by atoms with Crippen LogP contribution in [0.2, 0.25) is 0 Å². The fourth-order valence-electron chi connectivity index (χ4n) is 2.27. The van der Waals surface area contributed by atoms with Crippen molar-refractivity contribution in [2.24, 2.45) is 0 Å². The van der Waals surface area contributed by atoms with Crippen LogP contribution in [0.15, 0.2) is 24.3 Å². The van der Waals surface area contributed by atoms with E-state index in [-0.39, 0.29) is 26.4 Å². The molecule has 1 aliphatic rings. The molecule has 0 amide bonds. The van der Waals surface area contributed by atoms with Gasteiger partial charge >= 0.3 is 23.9 Å². The van der Waals surface area contributed by atoms with Crippen molar-refractivity contribution in [1.82, 2.24) is 0 Å². The van der Waals surface area contributed by atoms with Crippen molar-refractivity contribution >= 4 is 23.9 Å². The minimum absolute atomic E-state index is 0.253. The zero-order valence-corrected chi connectivity index (χ0v) is 16.1. The zero-order valence-electron chi connectivity index (χ0n) is 16.1. The first-order valence-electron chi connectivity index (χ1n) is 9.61. The molecule has 0 unspecified atom stereocenters. The summed E-state index contributed by atoms with van der Waals surface area (Å²) in [6.45, 7) is 1.01. The summed E-state index contributed by atoms with van der Waals surface area (Å²) in [4.78, 5) is 45.9. The molecular formula is C20H28O8. The van der Waals surface area contributed by atoms with Crippen molar-refractivity contribution in [3.63, 3.8) is 0 Å². The first-order valence-corrected chi connectivity index (χ1v) is 9.61. The van der Waals surface area contributed by atoms with Gasteiger partial charge in [-0.2, -0.15) is 0 Å². The third kappa shape index (κ3) is 13.5. The molecule has 1 rings (SSSR count). The second-order valence-electron chi connectivity index (χ2n) is 6.17. The topological polar surface area (TPSA) is 105 Å². The lowest BCUT2D eigenvalue weighted by molar-refractivity contribution is -0.140. The van der Waals surface area contributed by atoms with Gasteiger partial charge in [-0.15, -0.1) is 0 Å². The fraction of sp³-hybridized carbons (Fsp3) is 0.600. The molecule has 28 heavy (non-hydrogen) atoms. The summed E-state index contributed by atoms with van der Waals surface area (Å²) in [5, 5.41) is 0. The van der Waals surface area contributed by atoms with E-state index in [1.165, 1.54) is 0 Å². The van der Waals surface area contributed by atoms with Crippen LogP contribution in [0.1, 0.15) is 51.4 Å². The largest absolute Gasteiger partial charge is 0.463 e. The molecule has 0 fully saturated rings. The SMILES string of the molecule is O=C1/C=C\C(=O)OCCCCCCOC(=O)/C=C\C(=O)OCCCCCCO1. The number of rotatable bonds is 0. The number of carbonyl (C=O) groups is 4. The molecule has 0 aromatic rings. The average molecular weight is 396 g/mol. The molecule has 0 aliphatic carbocycles. The van der Waals surface area contributed by atoms with Crippen molar-refractivity contribution in [3.05, 3.63) is 24.3 Å². The van der Waals surface area contributed by atoms with Crippen LogP contribution in [0.4, 0.5) is 0 Å². The highest BCUT2D eigenvalue weighted by molar-refractivity contribution is 5.92. The first-order chi connectivity index (χ1) is 13.6. The molecule has 1 heterocycles. The fourth-order valence-corrected chi connectivity index (χ4v) is 2.27. The standard InChI is InChI=1S/C20H28O8/c21-17-9-10-19(23)27-15-7-3-4-8-16-28-20(24)12-11-18(22)26-14-6-2-1-5-13-25-17/h9-12H,1-8,13-16H2/b10-9-,12-11-. The Morgan fingerprint density at radius 3 is 0.821 bits per heavy atom. The second-order valence-corrected chi connectivity index (χ2v) is 6.17. The number of hydrogen-bond acceptors (Lipinski definition) is 8. The molecule has 0 radical (unpaired) electrons. The van der Waals surface area contributed by atoms with E-state index in [0.717, 1.165) is 50.0 Å². The smallest absolute Gasteiger partial charge is 0.331 e. The summed E-state index contributed by atoms with van der Waals surface area (Å²) in [6.07, 6.45) is 10.1. The van der Waals surface area contributed by atoms with Crippen LogP contribution in [-0.4, -0.2) is 50.3 Å². The number of carbonyl (C=O) groups excluding carboxylic acids is 4. The number of hydrogen-bond donors (Lipinski definition) is 0. The van der Waals surface area contributed by atoms with E-state index in [4.69, 9.17) is 18.9 Å². The maximum Gasteiger partial charge on any atom is 0.331 e. The Morgan fingerprint density at radius 1 is 0.393 bits per heavy atom. The Kier molecular flexibility index (Phi) is 12.9. The van der Waals surface area contributed by atoms with E-state index < -0.39 is 23.9 Å². The van der Waals surface area contributed by atoms with Crippen LogP contribution in [0.25, 0.3) is 0 Å². The van der Waals surface area contributed by atoms with Crippen molar-refractivity contribution < 1.29 is 38.1 Å². The van der Waals surface area contributed by atoms with Crippen molar-refractivity contribution in [3.8, 4) is 0 Å². The van der Waals surface area contributed by atoms with Gasteiger partial charge in [-0.3, -0.25) is 0 Å². The Bertz CT molecular complexity index is 467. The van der Waals surface area contributed by atoms with Crippen LogP contribution < -0.4 is 0 Å². The van der Waals surface area contributed by atoms with Gasteiger partial charge in [0.05, 0.1) is 26.4 Å². The van der Waals surface area contributed by atoms with Crippen LogP contribution in [0, 0.1) is 0 Å². The number of esters is 4. The summed E-state index contributed by atoms with van der Waals surface area (Å²) in [7, 11) is 0. The third-order valence-electron chi connectivity index (χ3n) is 3.77. The monoisotopic (exact) mass is 396 g/mol. The summed E-state index contributed by atoms with van der Waals surface area (Å²) >= 11 is 0. The zero-order chi connectivity index (χ0) is 20.5. The Labute approximate surface area is 164 Å². The second kappa shape index (κ2) is 15.4. The molecule has 8 heteroatoms. The molecular weight excluding hydrogens is 368 g/mol. The molecule has 1 aliphatic heterocycles. The van der Waals surface area contributed by atoms with E-state index in [1.807, 2.05) is 0 Å². The normalized spacial score (nSPS) is 22.6. The van der Waals surface area contributed by atoms with Gasteiger partial charge in [0.15, 0.2) is 0 Å². The molecule has 0 atom stereocenters. The molecule has 0 spiro atoms. The van der Waals surface area contributed by atoms with E-state index in [1.54, 1.807) is 0 Å². The van der Waals surface area contributed by atoms with Gasteiger partial charge in [0, 0.05) is 24.3 Å². The van der Waals surface area contributed by atoms with Crippen LogP contribution >= 0.6 is 0 Å². The minimum Gasteiger partial charge on any atom is -0.463 e. The van der Waals surface area contributed by atoms with Gasteiger partial charge in [-0.1, -0.05) is 0 Å². The predicted molar refractivity (Wildman–Crippen MR) is 99.1 cm³/mol. The van der Waals surface area contributed by atoms with E-state index in [0.29, 0.717) is 25.7 Å². The van der Waals surface area contributed by atoms with Crippen molar-refractivity contribution in [1.29, 1.82) is 0 Å². The summed E-state index contributed by atoms with van der Waals surface area (Å²) < 4.78 is 19.9. The first kappa shape index (κ1) is 23.4. The third-order valence-corrected chi connectivity index (χ3v) is 3.77. The highest BCUT2D eigenvalue weighted by Crippen LogP contribution is 2.03. The average Bonchev–Trinajstić information content (AvgIpc) is 2.68. The molecule has 0 saturated carbocycles. The highest BCUT2D eigenvalue weighted by atomic mass is 16.5. The number of cyclic esters (lactones) is 4. The maximum atomic E-state index is 11.5. The highest BCUT2D eigenvalue weighted by Gasteiger charge is 2.04. The molecule has 156 valence electrons. The predicted octanol–water partition coefficient (Wildman–Crippen LogP) is 2.41. The molecule has 0 saturated heterocycles. The molecule has 8 nitrogen and oxygen atoms in total. The summed E-state index contributed by atoms with van der Waals surface area (Å²) in [5.74, 6) is -2.33. The van der Waals surface area contributed by atoms with Crippen molar-refractivity contribution in [2.45, 2.75) is 51.4 Å². The Balaban J connectivity index is 2.39. The molecule has 0 bridgehead atoms. The van der Waals surface area contributed by atoms with E-state index in [9.17, 15) is 19.2 Å². The van der Waals surface area contributed by atoms with Gasteiger partial charge < -0.3 is 18.9 Å². The van der Waals surface area contributed by atoms with Crippen molar-refractivity contribution in [2.75, 3.05) is 26.4 Å². The lowest BCUT2D eigenvalue weighted by Gasteiger charge is -2.05. The van der Waals surface area contributed by atoms with E-state index >= 15 is 0 Å². The maximum absolute atomic E-state index is 11.5. The molecule has 0 aromatic carbocycles. The lowest BCUT2D eigenvalue weighted by atomic mass is 10.2. The van der Waals surface area contributed by atoms with Gasteiger partial charge in [0.25, 0.3) is 0 Å². The van der Waals surface area contributed by atoms with Crippen LogP contribution in [-0.2, 0) is 38.1 Å². The van der Waals surface area contributed by atoms with Gasteiger partial charge in [0.2, 0.25) is 0 Å². The minimum atomic E-state index is -0.582. The Morgan fingerprint density at radius 2 is 0.607 bits per heavy atom. The van der Waals surface area contributed by atoms with Crippen LogP contribution in [0.5, 0.6) is 0 Å². The quantitative estimate of drug-likeness (QED) is 0.454. The Hall–Kier alpha value is -2.64. The molecule has 0 N–H and O–H groups in total. The summed E-state index contributed by atoms with van der Waals surface area (Å²) in [5.41, 5.74) is 0. The van der Waals surface area contributed by atoms with E-state index in [2.05, 4.69) is 0 Å². The van der Waals surface area contributed by atoms with Gasteiger partial charge in [0.1, 0.15) is 0 Å². The van der Waals surface area contributed by atoms with Gasteiger partial charge in [-0.05, 0) is 51.4 Å². The van der Waals surface area contributed by atoms with Crippen LogP contribution in [0.3, 0.4) is 0 Å². The van der Waals surface area contributed by atoms with Gasteiger partial charge in [-0.25, -0.2) is 19.2 Å². The molecule has 0 aromatic heterocycles. The summed E-state index contributed by atoms with van der Waals surface area (Å²) in [6, 6.07) is 0.